The minimum Gasteiger partial charge on any atom is -0.457 e. The van der Waals surface area contributed by atoms with Gasteiger partial charge in [-0.15, -0.1) is 0 Å². The van der Waals surface area contributed by atoms with Crippen LogP contribution >= 0.6 is 0 Å². The van der Waals surface area contributed by atoms with Crippen LogP contribution in [0.5, 0.6) is 0 Å². The van der Waals surface area contributed by atoms with Gasteiger partial charge in [0, 0.05) is 6.42 Å². The molecule has 0 aromatic heterocycles. The molecule has 2 N–H and O–H groups in total. The Kier molecular flexibility index (Phi) is 5.13. The van der Waals surface area contributed by atoms with Gasteiger partial charge in [0.15, 0.2) is 0 Å². The van der Waals surface area contributed by atoms with Crippen LogP contribution in [0.4, 0.5) is 4.79 Å². The molecule has 2 atom stereocenters. The summed E-state index contributed by atoms with van der Waals surface area (Å²) in [5.41, 5.74) is -0.622. The molecule has 0 spiro atoms. The maximum Gasteiger partial charge on any atom is 0.407 e. The summed E-state index contributed by atoms with van der Waals surface area (Å²) in [5, 5.41) is 12.5. The second-order valence-electron chi connectivity index (χ2n) is 5.53. The number of carbonyl (C=O) groups excluding carboxylic acids is 2. The van der Waals surface area contributed by atoms with Crippen LogP contribution in [0.3, 0.4) is 0 Å². The largest absolute Gasteiger partial charge is 0.457 e. The maximum absolute atomic E-state index is 11.6. The molecule has 0 aromatic carbocycles. The van der Waals surface area contributed by atoms with E-state index in [0.29, 0.717) is 0 Å². The molecular formula is C13H21NO6. The molecule has 1 saturated heterocycles. The summed E-state index contributed by atoms with van der Waals surface area (Å²) in [7, 11) is 0. The number of nitrogens with one attached hydrogen (secondary N) is 1. The Morgan fingerprint density at radius 2 is 2.20 bits per heavy atom. The van der Waals surface area contributed by atoms with Crippen LogP contribution in [0.15, 0.2) is 12.7 Å². The molecule has 7 nitrogen and oxygen atoms in total. The minimum atomic E-state index is -2.04. The van der Waals surface area contributed by atoms with Gasteiger partial charge in [-0.25, -0.2) is 9.59 Å². The van der Waals surface area contributed by atoms with E-state index in [1.54, 1.807) is 20.8 Å². The van der Waals surface area contributed by atoms with E-state index in [4.69, 9.17) is 14.2 Å². The highest BCUT2D eigenvalue weighted by Crippen LogP contribution is 2.25. The fourth-order valence-electron chi connectivity index (χ4n) is 1.65. The van der Waals surface area contributed by atoms with E-state index < -0.39 is 29.5 Å². The quantitative estimate of drug-likeness (QED) is 0.584. The van der Waals surface area contributed by atoms with E-state index in [2.05, 4.69) is 11.9 Å². The monoisotopic (exact) mass is 287 g/mol. The lowest BCUT2D eigenvalue weighted by molar-refractivity contribution is -0.211. The first-order chi connectivity index (χ1) is 9.16. The summed E-state index contributed by atoms with van der Waals surface area (Å²) in [4.78, 5) is 23.2. The molecule has 1 aliphatic heterocycles. The van der Waals surface area contributed by atoms with Crippen molar-refractivity contribution in [2.24, 2.45) is 0 Å². The van der Waals surface area contributed by atoms with Crippen LogP contribution in [0.2, 0.25) is 0 Å². The Morgan fingerprint density at radius 1 is 1.55 bits per heavy atom. The Balaban J connectivity index is 2.48. The number of amides is 1. The summed E-state index contributed by atoms with van der Waals surface area (Å²) in [5.74, 6) is -2.94. The van der Waals surface area contributed by atoms with Gasteiger partial charge < -0.3 is 24.6 Å². The van der Waals surface area contributed by atoms with Crippen LogP contribution in [0.1, 0.15) is 27.2 Å². The first kappa shape index (κ1) is 16.5. The topological polar surface area (TPSA) is 94.1 Å². The molecule has 0 radical (unpaired) electrons. The highest BCUT2D eigenvalue weighted by Gasteiger charge is 2.47. The van der Waals surface area contributed by atoms with Crippen molar-refractivity contribution in [3.8, 4) is 0 Å². The van der Waals surface area contributed by atoms with Crippen LogP contribution in [0, 0.1) is 0 Å². The normalized spacial score (nSPS) is 25.9. The molecule has 1 heterocycles. The molecule has 0 aromatic rings. The first-order valence-electron chi connectivity index (χ1n) is 6.30. The predicted molar refractivity (Wildman–Crippen MR) is 69.8 cm³/mol. The van der Waals surface area contributed by atoms with Crippen molar-refractivity contribution >= 4 is 12.1 Å². The molecular weight excluding hydrogens is 266 g/mol. The third-order valence-corrected chi connectivity index (χ3v) is 2.42. The Labute approximate surface area is 117 Å². The molecule has 1 aliphatic rings. The zero-order valence-corrected chi connectivity index (χ0v) is 12.0. The van der Waals surface area contributed by atoms with Gasteiger partial charge in [0.05, 0.1) is 12.6 Å². The van der Waals surface area contributed by atoms with Crippen LogP contribution in [0.25, 0.3) is 0 Å². The van der Waals surface area contributed by atoms with Crippen molar-refractivity contribution < 1.29 is 28.9 Å². The van der Waals surface area contributed by atoms with Gasteiger partial charge in [0.2, 0.25) is 0 Å². The van der Waals surface area contributed by atoms with Gasteiger partial charge >= 0.3 is 12.1 Å². The average molecular weight is 287 g/mol. The summed E-state index contributed by atoms with van der Waals surface area (Å²) in [6.07, 6.45) is 0.657. The predicted octanol–water partition coefficient (Wildman–Crippen LogP) is 0.718. The summed E-state index contributed by atoms with van der Waals surface area (Å²) in [6, 6.07) is -0.522. The molecule has 0 aliphatic carbocycles. The Bertz CT molecular complexity index is 389. The Morgan fingerprint density at radius 3 is 2.75 bits per heavy atom. The van der Waals surface area contributed by atoms with Gasteiger partial charge in [0.1, 0.15) is 12.2 Å². The van der Waals surface area contributed by atoms with E-state index in [1.165, 1.54) is 6.08 Å². The van der Waals surface area contributed by atoms with Crippen LogP contribution in [-0.4, -0.2) is 47.8 Å². The number of aliphatic hydroxyl groups is 1. The SMILES string of the molecule is C=CCOC(=O)C1(O)CC(NC(=O)OC(C)(C)C)CO1. The number of carbonyl (C=O) groups is 2. The second kappa shape index (κ2) is 6.23. The number of hydrogen-bond acceptors (Lipinski definition) is 6. The maximum atomic E-state index is 11.6. The van der Waals surface area contributed by atoms with E-state index in [9.17, 15) is 14.7 Å². The average Bonchev–Trinajstić information content (AvgIpc) is 2.66. The third kappa shape index (κ3) is 4.82. The highest BCUT2D eigenvalue weighted by atomic mass is 16.7. The molecule has 0 saturated carbocycles. The molecule has 7 heteroatoms. The van der Waals surface area contributed by atoms with Gasteiger partial charge in [-0.05, 0) is 20.8 Å². The van der Waals surface area contributed by atoms with E-state index in [-0.39, 0.29) is 19.6 Å². The van der Waals surface area contributed by atoms with E-state index in [0.717, 1.165) is 0 Å². The highest BCUT2D eigenvalue weighted by molar-refractivity contribution is 5.78. The summed E-state index contributed by atoms with van der Waals surface area (Å²) >= 11 is 0. The number of alkyl carbamates (subject to hydrolysis) is 1. The number of hydrogen-bond donors (Lipinski definition) is 2. The number of ether oxygens (including phenoxy) is 3. The number of rotatable bonds is 4. The third-order valence-electron chi connectivity index (χ3n) is 2.42. The molecule has 20 heavy (non-hydrogen) atoms. The molecule has 0 bridgehead atoms. The summed E-state index contributed by atoms with van der Waals surface area (Å²) < 4.78 is 14.8. The first-order valence-corrected chi connectivity index (χ1v) is 6.30. The fourth-order valence-corrected chi connectivity index (χ4v) is 1.65. The van der Waals surface area contributed by atoms with Crippen molar-refractivity contribution in [1.29, 1.82) is 0 Å². The van der Waals surface area contributed by atoms with Crippen molar-refractivity contribution in [1.82, 2.24) is 5.32 Å². The molecule has 1 amide bonds. The van der Waals surface area contributed by atoms with Crippen molar-refractivity contribution in [3.05, 3.63) is 12.7 Å². The van der Waals surface area contributed by atoms with Crippen molar-refractivity contribution in [2.45, 2.75) is 44.6 Å². The molecule has 1 fully saturated rings. The van der Waals surface area contributed by atoms with E-state index >= 15 is 0 Å². The molecule has 114 valence electrons. The second-order valence-corrected chi connectivity index (χ2v) is 5.53. The molecule has 2 unspecified atom stereocenters. The van der Waals surface area contributed by atoms with E-state index in [1.807, 2.05) is 0 Å². The Hall–Kier alpha value is -1.60. The zero-order chi connectivity index (χ0) is 15.4. The van der Waals surface area contributed by atoms with Crippen molar-refractivity contribution in [3.63, 3.8) is 0 Å². The standard InChI is InChI=1S/C13H21NO6/c1-5-6-18-10(15)13(17)7-9(8-19-13)14-11(16)20-12(2,3)4/h5,9,17H,1,6-8H2,2-4H3,(H,14,16). The van der Waals surface area contributed by atoms with Crippen LogP contribution < -0.4 is 5.32 Å². The molecule has 1 rings (SSSR count). The smallest absolute Gasteiger partial charge is 0.407 e. The van der Waals surface area contributed by atoms with Gasteiger partial charge in [-0.3, -0.25) is 0 Å². The zero-order valence-electron chi connectivity index (χ0n) is 12.0. The number of esters is 1. The lowest BCUT2D eigenvalue weighted by Gasteiger charge is -2.21. The van der Waals surface area contributed by atoms with Gasteiger partial charge in [-0.1, -0.05) is 12.7 Å². The van der Waals surface area contributed by atoms with Crippen LogP contribution in [-0.2, 0) is 19.0 Å². The summed E-state index contributed by atoms with van der Waals surface area (Å²) in [6.45, 7) is 8.59. The lowest BCUT2D eigenvalue weighted by atomic mass is 10.1. The van der Waals surface area contributed by atoms with Gasteiger partial charge in [-0.2, -0.15) is 0 Å². The minimum absolute atomic E-state index is 0.00106. The van der Waals surface area contributed by atoms with Gasteiger partial charge in [0.25, 0.3) is 5.79 Å². The lowest BCUT2D eigenvalue weighted by Crippen LogP contribution is -2.43. The van der Waals surface area contributed by atoms with Crippen molar-refractivity contribution in [2.75, 3.05) is 13.2 Å². The fraction of sp³-hybridized carbons (Fsp3) is 0.692.